The molecule has 0 heterocycles. The highest BCUT2D eigenvalue weighted by Crippen LogP contribution is 2.49. The summed E-state index contributed by atoms with van der Waals surface area (Å²) in [6, 6.07) is 6.88. The number of carbonyl (C=O) groups excluding carboxylic acids is 1. The number of benzene rings is 1. The van der Waals surface area contributed by atoms with Gasteiger partial charge < -0.3 is 19.5 Å². The zero-order valence-corrected chi connectivity index (χ0v) is 18.4. The van der Waals surface area contributed by atoms with Gasteiger partial charge in [0.1, 0.15) is 40.2 Å². The molecule has 1 aliphatic rings. The predicted molar refractivity (Wildman–Crippen MR) is 114 cm³/mol. The minimum Gasteiger partial charge on any atom is -0.461 e. The molecular weight excluding hydrogens is 414 g/mol. The summed E-state index contributed by atoms with van der Waals surface area (Å²) >= 11 is 0. The summed E-state index contributed by atoms with van der Waals surface area (Å²) in [6.45, 7) is 0.140. The van der Waals surface area contributed by atoms with Gasteiger partial charge >= 0.3 is 13.7 Å². The van der Waals surface area contributed by atoms with Crippen LogP contribution in [-0.2, 0) is 18.6 Å². The summed E-state index contributed by atoms with van der Waals surface area (Å²) in [5, 5.41) is 19.3. The first-order chi connectivity index (χ1) is 14.0. The van der Waals surface area contributed by atoms with Crippen LogP contribution in [0.25, 0.3) is 0 Å². The number of rotatable bonds is 10. The van der Waals surface area contributed by atoms with Gasteiger partial charge in [-0.1, -0.05) is 24.6 Å². The van der Waals surface area contributed by atoms with Gasteiger partial charge in [-0.3, -0.25) is 9.32 Å². The van der Waals surface area contributed by atoms with Gasteiger partial charge in [-0.2, -0.15) is 5.09 Å². The van der Waals surface area contributed by atoms with Crippen molar-refractivity contribution in [2.45, 2.75) is 62.4 Å². The third-order valence-electron chi connectivity index (χ3n) is 4.99. The second-order valence-corrected chi connectivity index (χ2v) is 9.59. The van der Waals surface area contributed by atoms with Crippen LogP contribution < -0.4 is 9.61 Å². The van der Waals surface area contributed by atoms with Gasteiger partial charge in [0, 0.05) is 0 Å². The SMILES string of the molecule is BC(B)(OP(=O)(NC(C)C(=O)OC1CCCCC1)Oc1ccccc1)[C@](O)(F)CO. The Morgan fingerprint density at radius 1 is 1.30 bits per heavy atom. The zero-order valence-electron chi connectivity index (χ0n) is 17.5. The number of carbonyl (C=O) groups is 1. The fourth-order valence-electron chi connectivity index (χ4n) is 2.99. The number of hydrogen-bond donors (Lipinski definition) is 3. The van der Waals surface area contributed by atoms with E-state index in [4.69, 9.17) is 18.9 Å². The number of nitrogens with one attached hydrogen (secondary N) is 1. The summed E-state index contributed by atoms with van der Waals surface area (Å²) in [5.74, 6) is -3.71. The number of aliphatic hydroxyl groups is 2. The first-order valence-electron chi connectivity index (χ1n) is 10.0. The molecule has 0 amide bonds. The zero-order chi connectivity index (χ0) is 22.4. The molecule has 1 aromatic carbocycles. The van der Waals surface area contributed by atoms with Gasteiger partial charge in [0.25, 0.3) is 0 Å². The van der Waals surface area contributed by atoms with Gasteiger partial charge in [0.05, 0.1) is 5.40 Å². The molecule has 8 nitrogen and oxygen atoms in total. The third-order valence-corrected chi connectivity index (χ3v) is 6.84. The molecule has 2 rings (SSSR count). The Bertz CT molecular complexity index is 747. The highest BCUT2D eigenvalue weighted by Gasteiger charge is 2.50. The van der Waals surface area contributed by atoms with Crippen LogP contribution in [-0.4, -0.2) is 61.9 Å². The summed E-state index contributed by atoms with van der Waals surface area (Å²) in [6.07, 6.45) is 4.39. The van der Waals surface area contributed by atoms with Crippen LogP contribution in [0.2, 0.25) is 0 Å². The van der Waals surface area contributed by atoms with E-state index in [0.717, 1.165) is 47.8 Å². The van der Waals surface area contributed by atoms with E-state index in [1.165, 1.54) is 19.1 Å². The van der Waals surface area contributed by atoms with Crippen LogP contribution in [0.4, 0.5) is 4.39 Å². The van der Waals surface area contributed by atoms with Crippen molar-refractivity contribution in [1.82, 2.24) is 5.09 Å². The summed E-state index contributed by atoms with van der Waals surface area (Å²) in [7, 11) is -2.18. The maximum absolute atomic E-state index is 14.4. The second-order valence-electron chi connectivity index (χ2n) is 7.97. The molecule has 1 fully saturated rings. The Labute approximate surface area is 177 Å². The molecule has 166 valence electrons. The van der Waals surface area contributed by atoms with E-state index in [2.05, 4.69) is 5.09 Å². The Hall–Kier alpha value is -1.38. The van der Waals surface area contributed by atoms with E-state index < -0.39 is 37.6 Å². The molecule has 12 heteroatoms. The molecule has 1 aromatic rings. The van der Waals surface area contributed by atoms with Crippen molar-refractivity contribution >= 4 is 29.4 Å². The first-order valence-corrected chi connectivity index (χ1v) is 11.6. The second kappa shape index (κ2) is 10.3. The molecule has 0 aromatic heterocycles. The number of ether oxygens (including phenoxy) is 1. The highest BCUT2D eigenvalue weighted by molar-refractivity contribution is 7.52. The normalized spacial score (nSPS) is 20.5. The van der Waals surface area contributed by atoms with Crippen LogP contribution in [0.15, 0.2) is 30.3 Å². The van der Waals surface area contributed by atoms with Crippen LogP contribution in [0.5, 0.6) is 5.75 Å². The van der Waals surface area contributed by atoms with Crippen LogP contribution in [0, 0.1) is 0 Å². The van der Waals surface area contributed by atoms with Gasteiger partial charge in [0.2, 0.25) is 5.85 Å². The molecule has 3 N–H and O–H groups in total. The van der Waals surface area contributed by atoms with Gasteiger partial charge in [-0.25, -0.2) is 8.96 Å². The Kier molecular flexibility index (Phi) is 8.53. The fraction of sp³-hybridized carbons (Fsp3) is 0.611. The first kappa shape index (κ1) is 24.9. The van der Waals surface area contributed by atoms with Gasteiger partial charge in [-0.05, 0) is 44.7 Å². The van der Waals surface area contributed by atoms with Crippen molar-refractivity contribution in [3.63, 3.8) is 0 Å². The molecule has 0 radical (unpaired) electrons. The number of para-hydroxylation sites is 1. The molecule has 0 saturated heterocycles. The van der Waals surface area contributed by atoms with Crippen molar-refractivity contribution in [1.29, 1.82) is 0 Å². The average molecular weight is 443 g/mol. The third kappa shape index (κ3) is 6.82. The van der Waals surface area contributed by atoms with Crippen molar-refractivity contribution < 1.29 is 37.7 Å². The fourth-order valence-corrected chi connectivity index (χ4v) is 4.85. The molecule has 0 bridgehead atoms. The van der Waals surface area contributed by atoms with Crippen molar-refractivity contribution in [2.75, 3.05) is 6.61 Å². The minimum absolute atomic E-state index is 0.142. The smallest absolute Gasteiger partial charge is 0.458 e. The molecule has 1 aliphatic carbocycles. The summed E-state index contributed by atoms with van der Waals surface area (Å²) in [4.78, 5) is 12.5. The van der Waals surface area contributed by atoms with E-state index in [9.17, 15) is 18.9 Å². The standard InChI is InChI=1S/C18H29B2FNO7P/c1-13(16(24)27-14-8-4-2-5-9-14)22-30(26,28-15-10-6-3-7-11-15)29-18(19,20)17(21,25)12-23/h3,6-7,10-11,13-14,23,25H,2,4-5,8-9,12,19-20H2,1H3,(H,22,26)/t13?,17-,30?/m0/s1. The molecule has 3 atom stereocenters. The monoisotopic (exact) mass is 443 g/mol. The van der Waals surface area contributed by atoms with Crippen LogP contribution in [0.3, 0.4) is 0 Å². The van der Waals surface area contributed by atoms with E-state index >= 15 is 0 Å². The maximum Gasteiger partial charge on any atom is 0.458 e. The van der Waals surface area contributed by atoms with Crippen molar-refractivity contribution in [3.05, 3.63) is 30.3 Å². The number of alkyl halides is 1. The Morgan fingerprint density at radius 3 is 2.47 bits per heavy atom. The van der Waals surface area contributed by atoms with Crippen LogP contribution >= 0.6 is 7.75 Å². The number of hydrogen-bond acceptors (Lipinski definition) is 7. The summed E-state index contributed by atoms with van der Waals surface area (Å²) < 4.78 is 44.0. The van der Waals surface area contributed by atoms with Crippen molar-refractivity contribution in [3.8, 4) is 5.75 Å². The Morgan fingerprint density at radius 2 is 1.90 bits per heavy atom. The summed E-state index contributed by atoms with van der Waals surface area (Å²) in [5.41, 5.74) is 0. The van der Waals surface area contributed by atoms with E-state index in [-0.39, 0.29) is 11.9 Å². The number of aliphatic hydroxyl groups excluding tert-OH is 1. The maximum atomic E-state index is 14.4. The molecule has 0 aliphatic heterocycles. The highest BCUT2D eigenvalue weighted by atomic mass is 31.2. The van der Waals surface area contributed by atoms with Gasteiger partial charge in [0.15, 0.2) is 0 Å². The van der Waals surface area contributed by atoms with E-state index in [1.54, 1.807) is 18.2 Å². The molecule has 0 spiro atoms. The van der Waals surface area contributed by atoms with E-state index in [0.29, 0.717) is 0 Å². The predicted octanol–water partition coefficient (Wildman–Crippen LogP) is 0.614. The lowest BCUT2D eigenvalue weighted by atomic mass is 9.61. The lowest BCUT2D eigenvalue weighted by molar-refractivity contribution is -0.176. The molecular formula is C18H29B2FNO7P. The average Bonchev–Trinajstić information content (AvgIpc) is 2.68. The lowest BCUT2D eigenvalue weighted by Gasteiger charge is -2.37. The van der Waals surface area contributed by atoms with E-state index in [1.807, 2.05) is 0 Å². The topological polar surface area (TPSA) is 114 Å². The van der Waals surface area contributed by atoms with Gasteiger partial charge in [-0.15, -0.1) is 0 Å². The minimum atomic E-state index is -4.40. The van der Waals surface area contributed by atoms with Crippen molar-refractivity contribution in [2.24, 2.45) is 0 Å². The Balaban J connectivity index is 2.17. The largest absolute Gasteiger partial charge is 0.461 e. The van der Waals surface area contributed by atoms with Crippen LogP contribution in [0.1, 0.15) is 39.0 Å². The molecule has 1 saturated carbocycles. The number of esters is 1. The number of halogens is 1. The quantitative estimate of drug-likeness (QED) is 0.274. The molecule has 2 unspecified atom stereocenters. The lowest BCUT2D eigenvalue weighted by Crippen LogP contribution is -2.57. The molecule has 30 heavy (non-hydrogen) atoms.